The number of nitrogens with one attached hydrogen (secondary N) is 2. The van der Waals surface area contributed by atoms with E-state index in [4.69, 9.17) is 33.0 Å². The summed E-state index contributed by atoms with van der Waals surface area (Å²) < 4.78 is 49.2. The van der Waals surface area contributed by atoms with Gasteiger partial charge < -0.3 is 35.2 Å². The molecule has 4 rings (SSSR count). The van der Waals surface area contributed by atoms with Gasteiger partial charge in [-0.15, -0.1) is 0 Å². The van der Waals surface area contributed by atoms with Crippen LogP contribution < -0.4 is 20.7 Å². The summed E-state index contributed by atoms with van der Waals surface area (Å²) in [5, 5.41) is 4.68. The van der Waals surface area contributed by atoms with Crippen molar-refractivity contribution in [3.8, 4) is 16.9 Å². The first-order chi connectivity index (χ1) is 23.3. The van der Waals surface area contributed by atoms with Gasteiger partial charge in [0.1, 0.15) is 23.1 Å². The highest BCUT2D eigenvalue weighted by Crippen LogP contribution is 2.48. The Kier molecular flexibility index (Phi) is 12.7. The second-order valence-corrected chi connectivity index (χ2v) is 14.3. The van der Waals surface area contributed by atoms with E-state index in [1.54, 1.807) is 65.6 Å². The third kappa shape index (κ3) is 10.2. The minimum Gasteiger partial charge on any atom is -0.442 e. The van der Waals surface area contributed by atoms with Gasteiger partial charge in [-0.05, 0) is 65.7 Å². The fraction of sp³-hybridized carbons (Fsp3) is 0.258. The van der Waals surface area contributed by atoms with Crippen molar-refractivity contribution in [3.05, 3.63) is 95.6 Å². The average Bonchev–Trinajstić information content (AvgIpc) is 3.45. The van der Waals surface area contributed by atoms with Crippen LogP contribution in [-0.2, 0) is 31.6 Å². The maximum absolute atomic E-state index is 15.3. The minimum absolute atomic E-state index is 0.0207. The summed E-state index contributed by atoms with van der Waals surface area (Å²) in [4.78, 5) is 45.2. The van der Waals surface area contributed by atoms with Gasteiger partial charge in [-0.1, -0.05) is 36.4 Å². The molecule has 18 heteroatoms. The lowest BCUT2D eigenvalue weighted by Crippen LogP contribution is -2.34. The number of nitrogens with two attached hydrogens (primary N) is 1. The van der Waals surface area contributed by atoms with Crippen LogP contribution in [-0.4, -0.2) is 63.0 Å². The summed E-state index contributed by atoms with van der Waals surface area (Å²) in [5.41, 5.74) is 15.7. The number of halogens is 1. The summed E-state index contributed by atoms with van der Waals surface area (Å²) in [6.07, 6.45) is -0.124. The lowest BCUT2D eigenvalue weighted by Gasteiger charge is -2.25. The number of rotatable bonds is 14. The Hall–Kier alpha value is -4.59. The van der Waals surface area contributed by atoms with Gasteiger partial charge in [0.05, 0.1) is 31.0 Å². The Morgan fingerprint density at radius 2 is 1.92 bits per heavy atom. The van der Waals surface area contributed by atoms with Crippen LogP contribution in [0.5, 0.6) is 5.75 Å². The number of amides is 2. The van der Waals surface area contributed by atoms with E-state index in [9.17, 15) is 28.5 Å². The van der Waals surface area contributed by atoms with Gasteiger partial charge in [0.25, 0.3) is 5.17 Å². The van der Waals surface area contributed by atoms with E-state index in [-0.39, 0.29) is 49.4 Å². The normalized spacial score (nSPS) is 15.4. The highest BCUT2D eigenvalue weighted by molar-refractivity contribution is 7.80. The molecule has 0 radical (unpaired) electrons. The van der Waals surface area contributed by atoms with Crippen molar-refractivity contribution in [2.24, 2.45) is 10.8 Å². The second kappa shape index (κ2) is 16.7. The van der Waals surface area contributed by atoms with E-state index in [0.29, 0.717) is 28.1 Å². The number of thiocarbonyl (C=S) groups is 1. The molecule has 1 heterocycles. The predicted octanol–water partition coefficient (Wildman–Crippen LogP) is 5.29. The van der Waals surface area contributed by atoms with Crippen LogP contribution in [0, 0.1) is 11.3 Å². The number of nitrogens with zero attached hydrogens (tertiary/aromatic N) is 3. The molecule has 6 N–H and O–H groups in total. The maximum atomic E-state index is 15.3. The van der Waals surface area contributed by atoms with E-state index >= 15 is 4.39 Å². The van der Waals surface area contributed by atoms with Crippen LogP contribution in [0.2, 0.25) is 0 Å². The first-order valence-corrected chi connectivity index (χ1v) is 17.6. The number of hydrogen-bond acceptors (Lipinski definition) is 10. The molecule has 49 heavy (non-hydrogen) atoms. The summed E-state index contributed by atoms with van der Waals surface area (Å²) in [5.74, 6) is -0.475. The van der Waals surface area contributed by atoms with E-state index in [2.05, 4.69) is 10.4 Å². The number of benzene rings is 3. The van der Waals surface area contributed by atoms with Gasteiger partial charge >= 0.3 is 13.7 Å². The summed E-state index contributed by atoms with van der Waals surface area (Å²) in [7, 11) is -5.21. The molecular weight excluding hydrogens is 697 g/mol. The first kappa shape index (κ1) is 37.2. The monoisotopic (exact) mass is 730 g/mol. The zero-order valence-corrected chi connectivity index (χ0v) is 28.7. The zero-order valence-electron chi connectivity index (χ0n) is 26.1. The highest BCUT2D eigenvalue weighted by Gasteiger charge is 2.33. The van der Waals surface area contributed by atoms with Crippen molar-refractivity contribution in [2.45, 2.75) is 31.4 Å². The molecule has 0 saturated carbocycles. The summed E-state index contributed by atoms with van der Waals surface area (Å²) in [6, 6.07) is 17.7. The average molecular weight is 731 g/mol. The lowest BCUT2D eigenvalue weighted by atomic mass is 10.0. The van der Waals surface area contributed by atoms with Crippen molar-refractivity contribution in [1.29, 1.82) is 5.53 Å². The molecule has 1 aliphatic heterocycles. The fourth-order valence-corrected chi connectivity index (χ4v) is 6.26. The van der Waals surface area contributed by atoms with Crippen LogP contribution >= 0.6 is 28.3 Å². The SMILES string of the molecule is CC(=O)NC[C@H]1CN(c2ccc(-c3ccc(CN(C/C(=C/N)N=N)C(=S)Oc4ccc(CC(P=O)P(=O)(O)O)cc4)cc3)c(F)c2)C(=O)O1. The molecule has 3 aromatic carbocycles. The number of carbonyl (C=O) groups excluding carboxylic acids is 2. The molecule has 0 aromatic heterocycles. The Morgan fingerprint density at radius 1 is 1.24 bits per heavy atom. The number of hydrogen-bond donors (Lipinski definition) is 5. The summed E-state index contributed by atoms with van der Waals surface area (Å²) in [6.45, 7) is 1.92. The smallest absolute Gasteiger partial charge is 0.414 e. The largest absolute Gasteiger partial charge is 0.442 e. The topological polar surface area (TPSA) is 208 Å². The summed E-state index contributed by atoms with van der Waals surface area (Å²) >= 11 is 5.54. The van der Waals surface area contributed by atoms with Crippen LogP contribution in [0.15, 0.2) is 83.7 Å². The zero-order chi connectivity index (χ0) is 35.7. The van der Waals surface area contributed by atoms with Crippen molar-refractivity contribution in [2.75, 3.05) is 24.5 Å². The van der Waals surface area contributed by atoms with E-state index in [1.807, 2.05) is 0 Å². The number of carbonyl (C=O) groups is 2. The van der Waals surface area contributed by atoms with Crippen molar-refractivity contribution in [1.82, 2.24) is 10.2 Å². The Balaban J connectivity index is 1.44. The lowest BCUT2D eigenvalue weighted by molar-refractivity contribution is -0.119. The maximum Gasteiger partial charge on any atom is 0.414 e. The third-order valence-electron chi connectivity index (χ3n) is 7.36. The quantitative estimate of drug-likeness (QED) is 0.0818. The van der Waals surface area contributed by atoms with Gasteiger partial charge in [0.2, 0.25) is 5.91 Å². The third-order valence-corrected chi connectivity index (χ3v) is 10.3. The standard InChI is InChI=1S/C31H33FN6O8P2S/c1-19(39)35-15-26-18-38(30(40)45-26)24-8-11-27(28(32)13-24)22-6-2-21(3-7-22)16-37(17-23(14-33)36-34)31(49)46-25-9-4-20(5-10-25)12-29(47-41)48(42,43)44/h2-11,13-14,26,29,34H,12,15-18,33H2,1H3,(H,35,39)(H2,42,43,44)/b23-14-,36-34?/t26-,29?/m0/s1. The number of cyclic esters (lactones) is 1. The van der Waals surface area contributed by atoms with Crippen LogP contribution in [0.3, 0.4) is 0 Å². The number of anilines is 1. The molecule has 2 atom stereocenters. The molecule has 1 fully saturated rings. The molecule has 14 nitrogen and oxygen atoms in total. The van der Waals surface area contributed by atoms with E-state index in [0.717, 1.165) is 5.56 Å². The number of ether oxygens (including phenoxy) is 2. The second-order valence-electron chi connectivity index (χ2n) is 10.9. The Labute approximate surface area is 287 Å². The van der Waals surface area contributed by atoms with E-state index in [1.165, 1.54) is 24.1 Å². The van der Waals surface area contributed by atoms with Gasteiger partial charge in [-0.2, -0.15) is 5.11 Å². The van der Waals surface area contributed by atoms with E-state index < -0.39 is 39.5 Å². The van der Waals surface area contributed by atoms with Crippen LogP contribution in [0.25, 0.3) is 11.1 Å². The molecule has 258 valence electrons. The molecule has 0 aliphatic carbocycles. The van der Waals surface area contributed by atoms with Crippen molar-refractivity contribution in [3.63, 3.8) is 0 Å². The molecule has 2 amide bonds. The molecule has 1 aliphatic rings. The predicted molar refractivity (Wildman–Crippen MR) is 183 cm³/mol. The minimum atomic E-state index is -4.55. The first-order valence-electron chi connectivity index (χ1n) is 14.6. The molecule has 1 unspecified atom stereocenters. The van der Waals surface area contributed by atoms with Gasteiger partial charge in [-0.25, -0.2) is 14.7 Å². The highest BCUT2D eigenvalue weighted by atomic mass is 32.1. The Bertz CT molecular complexity index is 1790. The van der Waals surface area contributed by atoms with Crippen molar-refractivity contribution >= 4 is 51.1 Å². The Morgan fingerprint density at radius 3 is 2.49 bits per heavy atom. The molecule has 1 saturated heterocycles. The van der Waals surface area contributed by atoms with Gasteiger partial charge in [0.15, 0.2) is 8.46 Å². The molecular formula is C31H33FN6O8P2S. The fourth-order valence-electron chi connectivity index (χ4n) is 4.81. The molecule has 0 spiro atoms. The van der Waals surface area contributed by atoms with Crippen molar-refractivity contribution < 1.29 is 42.4 Å². The van der Waals surface area contributed by atoms with Crippen LogP contribution in [0.1, 0.15) is 18.1 Å². The van der Waals surface area contributed by atoms with Gasteiger partial charge in [0, 0.05) is 25.2 Å². The molecule has 3 aromatic rings. The van der Waals surface area contributed by atoms with Crippen LogP contribution in [0.4, 0.5) is 14.9 Å². The molecule has 0 bridgehead atoms. The van der Waals surface area contributed by atoms with Gasteiger partial charge in [-0.3, -0.25) is 18.8 Å².